The summed E-state index contributed by atoms with van der Waals surface area (Å²) in [6.45, 7) is 14.6. The number of aryl methyl sites for hydroxylation is 3. The average molecular weight is 572 g/mol. The van der Waals surface area contributed by atoms with Crippen LogP contribution in [0.1, 0.15) is 75.8 Å². The highest BCUT2D eigenvalue weighted by Crippen LogP contribution is 2.35. The molecular formula is C31H45N3O5S. The van der Waals surface area contributed by atoms with E-state index in [0.717, 1.165) is 11.1 Å². The maximum absolute atomic E-state index is 14.3. The smallest absolute Gasteiger partial charge is 0.408 e. The lowest BCUT2D eigenvalue weighted by Gasteiger charge is -2.38. The minimum absolute atomic E-state index is 0.0500. The number of rotatable bonds is 11. The second-order valence-corrected chi connectivity index (χ2v) is 12.1. The summed E-state index contributed by atoms with van der Waals surface area (Å²) in [4.78, 5) is 42.8. The number of ether oxygens (including phenoxy) is 1. The van der Waals surface area contributed by atoms with Crippen molar-refractivity contribution in [1.29, 1.82) is 0 Å². The largest absolute Gasteiger partial charge is 0.507 e. The molecule has 9 heteroatoms. The number of benzene rings is 2. The minimum atomic E-state index is -1.15. The number of thioether (sulfide) groups is 1. The van der Waals surface area contributed by atoms with Crippen molar-refractivity contribution in [1.82, 2.24) is 10.2 Å². The average Bonchev–Trinajstić information content (AvgIpc) is 2.87. The Morgan fingerprint density at radius 3 is 2.15 bits per heavy atom. The summed E-state index contributed by atoms with van der Waals surface area (Å²) < 4.78 is 5.45. The van der Waals surface area contributed by atoms with Crippen molar-refractivity contribution in [2.75, 3.05) is 17.3 Å². The number of amides is 3. The van der Waals surface area contributed by atoms with Gasteiger partial charge in [-0.25, -0.2) is 4.79 Å². The summed E-state index contributed by atoms with van der Waals surface area (Å²) in [5, 5.41) is 16.9. The van der Waals surface area contributed by atoms with Crippen LogP contribution in [0, 0.1) is 20.8 Å². The minimum Gasteiger partial charge on any atom is -0.507 e. The van der Waals surface area contributed by atoms with Gasteiger partial charge in [0.2, 0.25) is 5.91 Å². The van der Waals surface area contributed by atoms with Crippen LogP contribution >= 0.6 is 11.8 Å². The van der Waals surface area contributed by atoms with Gasteiger partial charge in [-0.05, 0) is 90.0 Å². The van der Waals surface area contributed by atoms with Crippen molar-refractivity contribution < 1.29 is 24.2 Å². The van der Waals surface area contributed by atoms with Crippen LogP contribution in [-0.4, -0.2) is 57.6 Å². The number of anilines is 1. The molecule has 40 heavy (non-hydrogen) atoms. The number of phenolic OH excluding ortho intramolecular Hbond substituents is 1. The van der Waals surface area contributed by atoms with Crippen molar-refractivity contribution in [3.8, 4) is 5.75 Å². The van der Waals surface area contributed by atoms with Gasteiger partial charge in [-0.2, -0.15) is 11.8 Å². The fourth-order valence-electron chi connectivity index (χ4n) is 4.44. The van der Waals surface area contributed by atoms with Crippen LogP contribution in [0.25, 0.3) is 0 Å². The van der Waals surface area contributed by atoms with E-state index in [-0.39, 0.29) is 5.75 Å². The van der Waals surface area contributed by atoms with E-state index in [4.69, 9.17) is 4.74 Å². The van der Waals surface area contributed by atoms with Crippen LogP contribution < -0.4 is 10.6 Å². The van der Waals surface area contributed by atoms with Crippen molar-refractivity contribution in [3.05, 3.63) is 58.7 Å². The predicted octanol–water partition coefficient (Wildman–Crippen LogP) is 6.27. The number of aromatic hydroxyl groups is 1. The summed E-state index contributed by atoms with van der Waals surface area (Å²) >= 11 is 1.55. The van der Waals surface area contributed by atoms with Gasteiger partial charge in [-0.15, -0.1) is 0 Å². The van der Waals surface area contributed by atoms with E-state index in [2.05, 4.69) is 10.6 Å². The highest BCUT2D eigenvalue weighted by Gasteiger charge is 2.40. The molecule has 3 N–H and O–H groups in total. The van der Waals surface area contributed by atoms with Gasteiger partial charge < -0.3 is 25.4 Å². The Morgan fingerprint density at radius 1 is 1.02 bits per heavy atom. The number of nitrogens with one attached hydrogen (secondary N) is 2. The maximum Gasteiger partial charge on any atom is 0.408 e. The molecule has 8 nitrogen and oxygen atoms in total. The molecule has 2 rings (SSSR count). The second-order valence-electron chi connectivity index (χ2n) is 11.2. The van der Waals surface area contributed by atoms with E-state index in [1.807, 2.05) is 52.1 Å². The van der Waals surface area contributed by atoms with Gasteiger partial charge in [0.15, 0.2) is 0 Å². The standard InChI is InChI=1S/C31H45N3O5S/c1-10-22(5)34(29(37)24(17-18-40-9)32-30(38)39-31(6,7)8)26(23-16-12-15-21(4)27(23)35)28(36)33-25-19(2)13-11-14-20(25)3/h11-16,22,24,26,35H,10,17-18H2,1-9H3,(H,32,38)(H,33,36). The van der Waals surface area contributed by atoms with Gasteiger partial charge in [-0.3, -0.25) is 9.59 Å². The Morgan fingerprint density at radius 2 is 1.60 bits per heavy atom. The predicted molar refractivity (Wildman–Crippen MR) is 163 cm³/mol. The molecule has 0 aliphatic heterocycles. The van der Waals surface area contributed by atoms with E-state index in [9.17, 15) is 19.5 Å². The molecule has 0 fully saturated rings. The van der Waals surface area contributed by atoms with Crippen molar-refractivity contribution in [2.45, 2.75) is 92.0 Å². The summed E-state index contributed by atoms with van der Waals surface area (Å²) in [5.74, 6) is -0.314. The first-order valence-corrected chi connectivity index (χ1v) is 15.1. The number of para-hydroxylation sites is 2. The monoisotopic (exact) mass is 571 g/mol. The SMILES string of the molecule is CCC(C)N(C(=O)C(CCSC)NC(=O)OC(C)(C)C)C(C(=O)Nc1c(C)cccc1C)c1cccc(C)c1O. The van der Waals surface area contributed by atoms with Gasteiger partial charge >= 0.3 is 6.09 Å². The molecule has 0 radical (unpaired) electrons. The fraction of sp³-hybridized carbons (Fsp3) is 0.516. The quantitative estimate of drug-likeness (QED) is 0.293. The first kappa shape index (κ1) is 33.0. The van der Waals surface area contributed by atoms with E-state index < -0.39 is 41.6 Å². The van der Waals surface area contributed by atoms with Gasteiger partial charge in [0.05, 0.1) is 0 Å². The molecule has 3 atom stereocenters. The molecule has 0 spiro atoms. The molecule has 2 aromatic rings. The van der Waals surface area contributed by atoms with E-state index in [1.165, 1.54) is 4.90 Å². The Kier molecular flexibility index (Phi) is 11.9. The van der Waals surface area contributed by atoms with E-state index >= 15 is 0 Å². The number of nitrogens with zero attached hydrogens (tertiary/aromatic N) is 1. The topological polar surface area (TPSA) is 108 Å². The van der Waals surface area contributed by atoms with Crippen molar-refractivity contribution in [2.24, 2.45) is 0 Å². The van der Waals surface area contributed by atoms with Gasteiger partial charge in [0.1, 0.15) is 23.4 Å². The third-order valence-electron chi connectivity index (χ3n) is 6.74. The van der Waals surface area contributed by atoms with Crippen LogP contribution in [0.15, 0.2) is 36.4 Å². The van der Waals surface area contributed by atoms with Gasteiger partial charge in [0.25, 0.3) is 5.91 Å². The molecule has 0 aliphatic rings. The third kappa shape index (κ3) is 8.65. The highest BCUT2D eigenvalue weighted by atomic mass is 32.2. The number of carbonyl (C=O) groups excluding carboxylic acids is 3. The molecular weight excluding hydrogens is 526 g/mol. The summed E-state index contributed by atoms with van der Waals surface area (Å²) in [6.07, 6.45) is 2.11. The zero-order valence-electron chi connectivity index (χ0n) is 25.3. The van der Waals surface area contributed by atoms with Gasteiger partial charge in [-0.1, -0.05) is 43.3 Å². The molecule has 3 unspecified atom stereocenters. The Bertz CT molecular complexity index is 1170. The summed E-state index contributed by atoms with van der Waals surface area (Å²) in [6, 6.07) is 8.42. The molecule has 0 saturated heterocycles. The number of hydrogen-bond acceptors (Lipinski definition) is 6. The second kappa shape index (κ2) is 14.4. The summed E-state index contributed by atoms with van der Waals surface area (Å²) in [7, 11) is 0. The zero-order chi connectivity index (χ0) is 30.2. The van der Waals surface area contributed by atoms with Crippen LogP contribution in [0.5, 0.6) is 5.75 Å². The molecule has 0 heterocycles. The lowest BCUT2D eigenvalue weighted by Crippen LogP contribution is -2.55. The fourth-order valence-corrected chi connectivity index (χ4v) is 4.91. The Labute approximate surface area is 243 Å². The molecule has 0 aliphatic carbocycles. The molecule has 220 valence electrons. The Balaban J connectivity index is 2.65. The first-order valence-electron chi connectivity index (χ1n) is 13.7. The van der Waals surface area contributed by atoms with Crippen LogP contribution in [0.2, 0.25) is 0 Å². The number of alkyl carbamates (subject to hydrolysis) is 1. The maximum atomic E-state index is 14.3. The van der Waals surface area contributed by atoms with E-state index in [0.29, 0.717) is 35.4 Å². The third-order valence-corrected chi connectivity index (χ3v) is 7.38. The Hall–Kier alpha value is -3.20. The molecule has 2 aromatic carbocycles. The van der Waals surface area contributed by atoms with Crippen LogP contribution in [0.4, 0.5) is 10.5 Å². The highest BCUT2D eigenvalue weighted by molar-refractivity contribution is 7.98. The first-order chi connectivity index (χ1) is 18.7. The molecule has 0 saturated carbocycles. The normalized spacial score (nSPS) is 13.6. The van der Waals surface area contributed by atoms with Crippen LogP contribution in [-0.2, 0) is 14.3 Å². The number of hydrogen-bond donors (Lipinski definition) is 3. The zero-order valence-corrected chi connectivity index (χ0v) is 26.1. The molecule has 0 aromatic heterocycles. The van der Waals surface area contributed by atoms with Gasteiger partial charge in [0, 0.05) is 17.3 Å². The molecule has 0 bridgehead atoms. The lowest BCUT2D eigenvalue weighted by atomic mass is 9.96. The number of phenols is 1. The summed E-state index contributed by atoms with van der Waals surface area (Å²) in [5.41, 5.74) is 2.59. The van der Waals surface area contributed by atoms with Crippen molar-refractivity contribution in [3.63, 3.8) is 0 Å². The lowest BCUT2D eigenvalue weighted by molar-refractivity contribution is -0.143. The number of carbonyl (C=O) groups is 3. The van der Waals surface area contributed by atoms with Crippen LogP contribution in [0.3, 0.4) is 0 Å². The van der Waals surface area contributed by atoms with Crippen molar-refractivity contribution >= 4 is 35.4 Å². The molecule has 3 amide bonds. The van der Waals surface area contributed by atoms with E-state index in [1.54, 1.807) is 57.7 Å².